The molecule has 1 aromatic carbocycles. The molecule has 2 aromatic rings. The van der Waals surface area contributed by atoms with Crippen molar-refractivity contribution in [2.45, 2.75) is 6.42 Å². The quantitative estimate of drug-likeness (QED) is 0.200. The van der Waals surface area contributed by atoms with Crippen molar-refractivity contribution in [1.82, 2.24) is 20.9 Å². The van der Waals surface area contributed by atoms with E-state index in [1.807, 2.05) is 6.20 Å². The van der Waals surface area contributed by atoms with Crippen LogP contribution in [0.3, 0.4) is 0 Å². The lowest BCUT2D eigenvalue weighted by Gasteiger charge is -2.11. The molecule has 0 fully saturated rings. The Kier molecular flexibility index (Phi) is 9.96. The van der Waals surface area contributed by atoms with Gasteiger partial charge in [0.05, 0.1) is 13.2 Å². The number of aliphatic imine (C=N–C) groups is 1. The number of ether oxygens (including phenoxy) is 1. The lowest BCUT2D eigenvalue weighted by molar-refractivity contribution is -0.120. The number of hydrogen-bond acceptors (Lipinski definition) is 3. The number of guanidine groups is 1. The number of aromatic nitrogens is 1. The van der Waals surface area contributed by atoms with Gasteiger partial charge in [0.15, 0.2) is 5.96 Å². The molecule has 2 rings (SSSR count). The summed E-state index contributed by atoms with van der Waals surface area (Å²) in [6.45, 7) is 1.68. The number of methoxy groups -OCH3 is 1. The number of nitrogens with one attached hydrogen (secondary N) is 4. The second-order valence-electron chi connectivity index (χ2n) is 5.45. The number of carbonyl (C=O) groups is 1. The molecule has 1 amide bonds. The minimum atomic E-state index is -0.252. The van der Waals surface area contributed by atoms with E-state index in [0.717, 1.165) is 16.5 Å². The fourth-order valence-electron chi connectivity index (χ4n) is 2.41. The lowest BCUT2D eigenvalue weighted by Crippen LogP contribution is -2.44. The average Bonchev–Trinajstić information content (AvgIpc) is 3.00. The summed E-state index contributed by atoms with van der Waals surface area (Å²) in [4.78, 5) is 18.8. The third-order valence-electron chi connectivity index (χ3n) is 3.68. The van der Waals surface area contributed by atoms with Crippen LogP contribution in [0, 0.1) is 5.82 Å². The number of carbonyl (C=O) groups excluding carboxylic acids is 1. The van der Waals surface area contributed by atoms with Gasteiger partial charge in [-0.1, -0.05) is 0 Å². The number of rotatable bonds is 8. The molecular formula is C17H25FIN5O2. The van der Waals surface area contributed by atoms with E-state index < -0.39 is 0 Å². The van der Waals surface area contributed by atoms with E-state index in [1.165, 1.54) is 12.1 Å². The van der Waals surface area contributed by atoms with Gasteiger partial charge in [0.1, 0.15) is 5.82 Å². The Balaban J connectivity index is 0.00000338. The highest BCUT2D eigenvalue weighted by Crippen LogP contribution is 2.19. The predicted molar refractivity (Wildman–Crippen MR) is 112 cm³/mol. The topological polar surface area (TPSA) is 90.5 Å². The van der Waals surface area contributed by atoms with Crippen molar-refractivity contribution in [2.24, 2.45) is 4.99 Å². The number of benzene rings is 1. The molecule has 144 valence electrons. The van der Waals surface area contributed by atoms with Crippen LogP contribution in [0.15, 0.2) is 29.4 Å². The van der Waals surface area contributed by atoms with Gasteiger partial charge in [-0.05, 0) is 30.2 Å². The van der Waals surface area contributed by atoms with E-state index in [4.69, 9.17) is 4.74 Å². The van der Waals surface area contributed by atoms with E-state index in [9.17, 15) is 9.18 Å². The first-order chi connectivity index (χ1) is 12.1. The van der Waals surface area contributed by atoms with Gasteiger partial charge < -0.3 is 25.7 Å². The summed E-state index contributed by atoms with van der Waals surface area (Å²) in [6, 6.07) is 4.69. The Labute approximate surface area is 169 Å². The number of fused-ring (bicyclic) bond motifs is 1. The average molecular weight is 477 g/mol. The zero-order chi connectivity index (χ0) is 18.1. The molecule has 4 N–H and O–H groups in total. The molecule has 0 atom stereocenters. The molecule has 0 bridgehead atoms. The van der Waals surface area contributed by atoms with Crippen LogP contribution >= 0.6 is 24.0 Å². The number of H-pyrrole nitrogens is 1. The van der Waals surface area contributed by atoms with Crippen molar-refractivity contribution in [3.8, 4) is 0 Å². The molecule has 1 aromatic heterocycles. The summed E-state index contributed by atoms with van der Waals surface area (Å²) in [7, 11) is 3.22. The molecule has 0 aliphatic carbocycles. The fraction of sp³-hybridized carbons (Fsp3) is 0.412. The first-order valence-corrected chi connectivity index (χ1v) is 8.09. The minimum Gasteiger partial charge on any atom is -0.383 e. The standard InChI is InChI=1S/C17H24FN5O2.HI/c1-19-17(23-11-16(24)20-7-8-25-2)21-6-5-12-10-22-15-4-3-13(18)9-14(12)15;/h3-4,9-10,22H,5-8,11H2,1-2H3,(H,20,24)(H2,19,21,23);1H. The maximum Gasteiger partial charge on any atom is 0.239 e. The van der Waals surface area contributed by atoms with Crippen LogP contribution < -0.4 is 16.0 Å². The van der Waals surface area contributed by atoms with Crippen LogP contribution in [0.5, 0.6) is 0 Å². The molecule has 0 radical (unpaired) electrons. The van der Waals surface area contributed by atoms with E-state index in [2.05, 4.69) is 25.9 Å². The van der Waals surface area contributed by atoms with Crippen LogP contribution in [-0.2, 0) is 16.0 Å². The number of nitrogens with zero attached hydrogens (tertiary/aromatic N) is 1. The van der Waals surface area contributed by atoms with Crippen LogP contribution in [-0.4, -0.2) is 57.2 Å². The Morgan fingerprint density at radius 2 is 2.08 bits per heavy atom. The SMILES string of the molecule is CN=C(NCCc1c[nH]c2ccc(F)cc12)NCC(=O)NCCOC.I. The van der Waals surface area contributed by atoms with Gasteiger partial charge in [0.25, 0.3) is 0 Å². The summed E-state index contributed by atoms with van der Waals surface area (Å²) in [5, 5.41) is 9.67. The molecule has 7 nitrogen and oxygen atoms in total. The molecular weight excluding hydrogens is 452 g/mol. The normalized spacial score (nSPS) is 11.1. The van der Waals surface area contributed by atoms with Gasteiger partial charge in [0, 0.05) is 44.3 Å². The third kappa shape index (κ3) is 6.79. The molecule has 0 saturated heterocycles. The van der Waals surface area contributed by atoms with Crippen LogP contribution in [0.4, 0.5) is 4.39 Å². The van der Waals surface area contributed by atoms with Gasteiger partial charge >= 0.3 is 0 Å². The van der Waals surface area contributed by atoms with Crippen LogP contribution in [0.2, 0.25) is 0 Å². The maximum atomic E-state index is 13.4. The number of hydrogen-bond donors (Lipinski definition) is 4. The highest BCUT2D eigenvalue weighted by atomic mass is 127. The first-order valence-electron chi connectivity index (χ1n) is 8.09. The largest absolute Gasteiger partial charge is 0.383 e. The third-order valence-corrected chi connectivity index (χ3v) is 3.68. The Morgan fingerprint density at radius 1 is 1.27 bits per heavy atom. The fourth-order valence-corrected chi connectivity index (χ4v) is 2.41. The highest BCUT2D eigenvalue weighted by molar-refractivity contribution is 14.0. The lowest BCUT2D eigenvalue weighted by atomic mass is 10.1. The van der Waals surface area contributed by atoms with Crippen LogP contribution in [0.25, 0.3) is 10.9 Å². The van der Waals surface area contributed by atoms with Crippen molar-refractivity contribution in [3.63, 3.8) is 0 Å². The second kappa shape index (κ2) is 11.7. The van der Waals surface area contributed by atoms with Crippen molar-refractivity contribution in [2.75, 3.05) is 40.4 Å². The van der Waals surface area contributed by atoms with Gasteiger partial charge in [-0.25, -0.2) is 4.39 Å². The molecule has 9 heteroatoms. The Hall–Kier alpha value is -1.88. The zero-order valence-corrected chi connectivity index (χ0v) is 17.2. The zero-order valence-electron chi connectivity index (χ0n) is 14.9. The predicted octanol–water partition coefficient (Wildman–Crippen LogP) is 1.40. The number of aromatic amines is 1. The van der Waals surface area contributed by atoms with Gasteiger partial charge in [0.2, 0.25) is 5.91 Å². The number of amides is 1. The Morgan fingerprint density at radius 3 is 2.81 bits per heavy atom. The summed E-state index contributed by atoms with van der Waals surface area (Å²) >= 11 is 0. The minimum absolute atomic E-state index is 0. The van der Waals surface area contributed by atoms with E-state index in [1.54, 1.807) is 20.2 Å². The monoisotopic (exact) mass is 477 g/mol. The molecule has 0 aliphatic rings. The van der Waals surface area contributed by atoms with E-state index in [-0.39, 0.29) is 42.2 Å². The van der Waals surface area contributed by atoms with Crippen molar-refractivity contribution in [3.05, 3.63) is 35.8 Å². The summed E-state index contributed by atoms with van der Waals surface area (Å²) in [6.07, 6.45) is 2.58. The van der Waals surface area contributed by atoms with Gasteiger partial charge in [-0.15, -0.1) is 24.0 Å². The molecule has 0 saturated carbocycles. The Bertz CT molecular complexity index is 735. The van der Waals surface area contributed by atoms with Crippen molar-refractivity contribution < 1.29 is 13.9 Å². The van der Waals surface area contributed by atoms with Gasteiger partial charge in [-0.3, -0.25) is 9.79 Å². The summed E-state index contributed by atoms with van der Waals surface area (Å²) in [5.41, 5.74) is 1.93. The van der Waals surface area contributed by atoms with Gasteiger partial charge in [-0.2, -0.15) is 0 Å². The molecule has 1 heterocycles. The molecule has 0 spiro atoms. The first kappa shape index (κ1) is 22.2. The van der Waals surface area contributed by atoms with Crippen molar-refractivity contribution in [1.29, 1.82) is 0 Å². The summed E-state index contributed by atoms with van der Waals surface area (Å²) < 4.78 is 18.3. The molecule has 26 heavy (non-hydrogen) atoms. The van der Waals surface area contributed by atoms with E-state index >= 15 is 0 Å². The molecule has 0 aliphatic heterocycles. The second-order valence-corrected chi connectivity index (χ2v) is 5.45. The molecule has 0 unspecified atom stereocenters. The highest BCUT2D eigenvalue weighted by Gasteiger charge is 2.06. The van der Waals surface area contributed by atoms with Crippen LogP contribution in [0.1, 0.15) is 5.56 Å². The summed E-state index contributed by atoms with van der Waals surface area (Å²) in [5.74, 6) is 0.151. The van der Waals surface area contributed by atoms with Crippen molar-refractivity contribution >= 4 is 46.7 Å². The van der Waals surface area contributed by atoms with E-state index in [0.29, 0.717) is 32.1 Å². The number of halogens is 2. The smallest absolute Gasteiger partial charge is 0.239 e. The maximum absolute atomic E-state index is 13.4.